The minimum Gasteiger partial charge on any atom is -0.479 e. The third-order valence-electron chi connectivity index (χ3n) is 13.1. The third-order valence-corrected chi connectivity index (χ3v) is 15.2. The average molecular weight is 793 g/mol. The molecule has 0 bridgehead atoms. The van der Waals surface area contributed by atoms with Crippen molar-refractivity contribution < 1.29 is 41.8 Å². The number of nitrogens with zero attached hydrogens (tertiary/aromatic N) is 3. The van der Waals surface area contributed by atoms with Gasteiger partial charge in [-0.15, -0.1) is 10.2 Å². The molecule has 1 aromatic heterocycles. The molecule has 302 valence electrons. The van der Waals surface area contributed by atoms with E-state index in [0.717, 1.165) is 19.3 Å². The lowest BCUT2D eigenvalue weighted by Crippen LogP contribution is -2.59. The van der Waals surface area contributed by atoms with E-state index in [2.05, 4.69) is 32.5 Å². The van der Waals surface area contributed by atoms with Gasteiger partial charge in [-0.2, -0.15) is 0 Å². The number of amides is 4. The predicted octanol–water partition coefficient (Wildman–Crippen LogP) is 3.77. The van der Waals surface area contributed by atoms with Gasteiger partial charge in [0.25, 0.3) is 5.91 Å². The van der Waals surface area contributed by atoms with Gasteiger partial charge in [-0.3, -0.25) is 19.1 Å². The maximum absolute atomic E-state index is 14.9. The highest BCUT2D eigenvalue weighted by atomic mass is 32.2. The summed E-state index contributed by atoms with van der Waals surface area (Å²) in [5.74, 6) is -0.794. The van der Waals surface area contributed by atoms with Crippen LogP contribution in [0, 0.1) is 29.6 Å². The average Bonchev–Trinajstić information content (AvgIpc) is 4.12. The number of hydrogen-bond acceptors (Lipinski definition) is 11. The van der Waals surface area contributed by atoms with Crippen LogP contribution >= 0.6 is 0 Å². The molecule has 0 spiro atoms. The summed E-state index contributed by atoms with van der Waals surface area (Å²) in [4.78, 5) is 58.2. The molecule has 4 saturated carbocycles. The number of sulfonamides is 1. The lowest BCUT2D eigenvalue weighted by Gasteiger charge is -2.33. The van der Waals surface area contributed by atoms with Gasteiger partial charge < -0.3 is 29.7 Å². The molecule has 6 aliphatic rings. The van der Waals surface area contributed by atoms with E-state index in [1.54, 1.807) is 6.92 Å². The van der Waals surface area contributed by atoms with Gasteiger partial charge in [0, 0.05) is 12.3 Å². The van der Waals surface area contributed by atoms with Gasteiger partial charge in [0.15, 0.2) is 0 Å². The summed E-state index contributed by atoms with van der Waals surface area (Å²) < 4.78 is 45.3. The van der Waals surface area contributed by atoms with Crippen molar-refractivity contribution in [3.05, 3.63) is 36.4 Å². The number of ether oxygens (including phenoxy) is 3. The highest BCUT2D eigenvalue weighted by molar-refractivity contribution is 7.91. The Morgan fingerprint density at radius 3 is 2.36 bits per heavy atom. The Hall–Kier alpha value is -4.47. The summed E-state index contributed by atoms with van der Waals surface area (Å²) in [6.07, 6.45) is 8.26. The van der Waals surface area contributed by atoms with Crippen molar-refractivity contribution in [3.8, 4) is 11.8 Å². The molecule has 3 N–H and O–H groups in total. The number of alkyl carbamates (subject to hydrolysis) is 1. The smallest absolute Gasteiger partial charge is 0.408 e. The van der Waals surface area contributed by atoms with E-state index >= 15 is 0 Å². The Kier molecular flexibility index (Phi) is 9.93. The van der Waals surface area contributed by atoms with Crippen LogP contribution in [0.4, 0.5) is 4.79 Å². The molecule has 0 radical (unpaired) electrons. The van der Waals surface area contributed by atoms with Gasteiger partial charge in [-0.05, 0) is 101 Å². The van der Waals surface area contributed by atoms with E-state index in [1.807, 2.05) is 43.3 Å². The fraction of sp³-hybridized carbons (Fsp3) is 0.650. The monoisotopic (exact) mass is 792 g/mol. The van der Waals surface area contributed by atoms with Gasteiger partial charge in [0.2, 0.25) is 33.6 Å². The van der Waals surface area contributed by atoms with Crippen LogP contribution in [0.5, 0.6) is 11.8 Å². The lowest BCUT2D eigenvalue weighted by molar-refractivity contribution is -0.142. The van der Waals surface area contributed by atoms with E-state index in [1.165, 1.54) is 18.4 Å². The second-order valence-electron chi connectivity index (χ2n) is 17.4. The summed E-state index contributed by atoms with van der Waals surface area (Å²) in [6, 6.07) is 5.15. The lowest BCUT2D eigenvalue weighted by atomic mass is 9.88. The Morgan fingerprint density at radius 2 is 1.66 bits per heavy atom. The first-order chi connectivity index (χ1) is 26.7. The Bertz CT molecular complexity index is 2050. The molecule has 56 heavy (non-hydrogen) atoms. The molecule has 2 aromatic rings. The third kappa shape index (κ3) is 7.40. The first kappa shape index (κ1) is 38.4. The predicted molar refractivity (Wildman–Crippen MR) is 204 cm³/mol. The largest absolute Gasteiger partial charge is 0.479 e. The Labute approximate surface area is 327 Å². The van der Waals surface area contributed by atoms with Crippen molar-refractivity contribution in [3.63, 3.8) is 0 Å². The van der Waals surface area contributed by atoms with Crippen LogP contribution in [0.15, 0.2) is 36.4 Å². The Morgan fingerprint density at radius 1 is 0.964 bits per heavy atom. The number of carbonyl (C=O) groups is 4. The first-order valence-electron chi connectivity index (χ1n) is 20.0. The van der Waals surface area contributed by atoms with Crippen molar-refractivity contribution in [1.82, 2.24) is 30.5 Å². The zero-order valence-corrected chi connectivity index (χ0v) is 33.2. The summed E-state index contributed by atoms with van der Waals surface area (Å²) in [7, 11) is -2.50. The van der Waals surface area contributed by atoms with Gasteiger partial charge >= 0.3 is 6.09 Å². The number of carbonyl (C=O) groups excluding carboxylic acids is 4. The number of rotatable bonds is 8. The molecule has 0 unspecified atom stereocenters. The summed E-state index contributed by atoms with van der Waals surface area (Å²) in [5.41, 5.74) is -1.53. The van der Waals surface area contributed by atoms with E-state index in [0.29, 0.717) is 54.2 Å². The van der Waals surface area contributed by atoms with Crippen molar-refractivity contribution in [2.45, 2.75) is 120 Å². The molecule has 15 nitrogen and oxygen atoms in total. The van der Waals surface area contributed by atoms with Crippen LogP contribution in [0.3, 0.4) is 0 Å². The van der Waals surface area contributed by atoms with Crippen LogP contribution < -0.4 is 24.8 Å². The van der Waals surface area contributed by atoms with E-state index in [-0.39, 0.29) is 43.2 Å². The molecule has 8 rings (SSSR count). The number of fused-ring (bicyclic) bond motifs is 4. The molecular weight excluding hydrogens is 741 g/mol. The Balaban J connectivity index is 1.10. The highest BCUT2D eigenvalue weighted by Crippen LogP contribution is 2.52. The summed E-state index contributed by atoms with van der Waals surface area (Å²) >= 11 is 0. The molecule has 1 aromatic carbocycles. The molecule has 2 aliphatic heterocycles. The van der Waals surface area contributed by atoms with Crippen molar-refractivity contribution in [2.24, 2.45) is 29.6 Å². The molecular formula is C40H52N6O9S. The summed E-state index contributed by atoms with van der Waals surface area (Å²) in [6.45, 7) is 5.58. The maximum atomic E-state index is 14.9. The van der Waals surface area contributed by atoms with Gasteiger partial charge in [-0.25, -0.2) is 13.2 Å². The number of aromatic nitrogens is 2. The topological polar surface area (TPSA) is 195 Å². The molecule has 4 amide bonds. The van der Waals surface area contributed by atoms with Crippen LogP contribution in [0.25, 0.3) is 10.8 Å². The van der Waals surface area contributed by atoms with E-state index in [4.69, 9.17) is 14.2 Å². The van der Waals surface area contributed by atoms with Crippen molar-refractivity contribution in [2.75, 3.05) is 13.7 Å². The van der Waals surface area contributed by atoms with Crippen LogP contribution in [0.1, 0.15) is 85.0 Å². The van der Waals surface area contributed by atoms with Gasteiger partial charge in [-0.1, -0.05) is 38.1 Å². The molecule has 5 fully saturated rings. The SMILES string of the molecule is COc1nnc(O[C@@H]2C[C@H]3C(=O)N[C@]4(C(=O)NS(=O)(=O)C5(C)CC5)C[C@H]4/C=C\CC[C@H](C)C[C@@H](C)[C@H](NC(=O)O[C@@H]4C[C@@H]5C[C@@H]5C4)C(=O)N3C2)c2ccccc12. The normalized spacial score (nSPS) is 35.4. The first-order valence-corrected chi connectivity index (χ1v) is 21.5. The fourth-order valence-corrected chi connectivity index (χ4v) is 10.4. The van der Waals surface area contributed by atoms with Gasteiger partial charge in [0.1, 0.15) is 29.8 Å². The second kappa shape index (κ2) is 14.5. The standard InChI is InChI=1S/C40H52N6O9S/c1-22-9-5-6-10-26-20-40(26,37(49)45-56(51,52)39(3)13-14-39)42-33(47)31-19-28(54-35-30-12-8-7-11-29(30)34(53-4)43-44-35)21-46(31)36(48)32(23(2)15-22)41-38(50)55-27-17-24-16-25(24)18-27/h6-8,10-12,22-28,31-32H,5,9,13-21H2,1-4H3,(H,41,50)(H,42,47)(H,45,49)/b10-6-/t22-,23+,24-,25+,26+,27+,28+,31-,32-,40+/m0/s1. The van der Waals surface area contributed by atoms with Crippen LogP contribution in [-0.4, -0.2) is 95.6 Å². The van der Waals surface area contributed by atoms with Crippen LogP contribution in [-0.2, 0) is 29.1 Å². The minimum atomic E-state index is -4.00. The molecule has 16 heteroatoms. The second-order valence-corrected chi connectivity index (χ2v) is 19.6. The molecule has 1 saturated heterocycles. The number of benzene rings is 1. The highest BCUT2D eigenvalue weighted by Gasteiger charge is 2.63. The van der Waals surface area contributed by atoms with E-state index in [9.17, 15) is 27.6 Å². The number of hydrogen-bond donors (Lipinski definition) is 3. The zero-order chi connectivity index (χ0) is 39.6. The number of nitrogens with one attached hydrogen (secondary N) is 3. The number of methoxy groups -OCH3 is 1. The van der Waals surface area contributed by atoms with Crippen LogP contribution in [0.2, 0.25) is 0 Å². The van der Waals surface area contributed by atoms with Crippen molar-refractivity contribution in [1.29, 1.82) is 0 Å². The fourth-order valence-electron chi connectivity index (χ4n) is 9.12. The minimum absolute atomic E-state index is 0.0288. The quantitative estimate of drug-likeness (QED) is 0.330. The molecule has 3 heterocycles. The van der Waals surface area contributed by atoms with E-state index < -0.39 is 68.2 Å². The maximum Gasteiger partial charge on any atom is 0.408 e. The van der Waals surface area contributed by atoms with Crippen molar-refractivity contribution >= 4 is 44.6 Å². The zero-order valence-electron chi connectivity index (χ0n) is 32.4. The summed E-state index contributed by atoms with van der Waals surface area (Å²) in [5, 5.41) is 15.6. The van der Waals surface area contributed by atoms with Gasteiger partial charge in [0.05, 0.1) is 29.2 Å². The number of allylic oxidation sites excluding steroid dienone is 1. The molecule has 4 aliphatic carbocycles. The molecule has 10 atom stereocenters.